The molecule has 0 unspecified atom stereocenters. The van der Waals surface area contributed by atoms with Crippen molar-refractivity contribution in [2.24, 2.45) is 5.73 Å². The first-order valence-corrected chi connectivity index (χ1v) is 6.53. The molecule has 17 heavy (non-hydrogen) atoms. The summed E-state index contributed by atoms with van der Waals surface area (Å²) in [6.07, 6.45) is 3.50. The molecule has 90 valence electrons. The highest BCUT2D eigenvalue weighted by Crippen LogP contribution is 2.32. The van der Waals surface area contributed by atoms with Crippen molar-refractivity contribution in [1.82, 2.24) is 4.57 Å². The van der Waals surface area contributed by atoms with Crippen molar-refractivity contribution >= 4 is 10.9 Å². The van der Waals surface area contributed by atoms with Crippen LogP contribution in [-0.4, -0.2) is 10.6 Å². The van der Waals surface area contributed by atoms with Crippen LogP contribution in [0.3, 0.4) is 0 Å². The van der Waals surface area contributed by atoms with Crippen LogP contribution in [-0.2, 0) is 19.4 Å². The summed E-state index contributed by atoms with van der Waals surface area (Å²) in [4.78, 5) is 0. The van der Waals surface area contributed by atoms with Crippen molar-refractivity contribution in [3.8, 4) is 0 Å². The van der Waals surface area contributed by atoms with Crippen LogP contribution in [0.2, 0.25) is 0 Å². The van der Waals surface area contributed by atoms with Crippen molar-refractivity contribution in [3.63, 3.8) is 0 Å². The predicted octanol–water partition coefficient (Wildman–Crippen LogP) is 2.79. The van der Waals surface area contributed by atoms with Gasteiger partial charge in [0.2, 0.25) is 0 Å². The van der Waals surface area contributed by atoms with E-state index in [1.54, 1.807) is 0 Å². The van der Waals surface area contributed by atoms with E-state index in [9.17, 15) is 0 Å². The summed E-state index contributed by atoms with van der Waals surface area (Å²) in [6, 6.07) is 7.04. The molecule has 1 aliphatic rings. The third-order valence-corrected chi connectivity index (χ3v) is 3.76. The first-order valence-electron chi connectivity index (χ1n) is 6.53. The number of hydrogen-bond donors (Lipinski definition) is 1. The Bertz CT molecular complexity index is 564. The molecule has 2 nitrogen and oxygen atoms in total. The van der Waals surface area contributed by atoms with Gasteiger partial charge in [0.1, 0.15) is 0 Å². The molecule has 1 atom stereocenters. The number of aryl methyl sites for hydroxylation is 2. The maximum atomic E-state index is 6.00. The van der Waals surface area contributed by atoms with E-state index >= 15 is 0 Å². The molecule has 0 radical (unpaired) electrons. The van der Waals surface area contributed by atoms with Gasteiger partial charge in [0.05, 0.1) is 0 Å². The Balaban J connectivity index is 2.26. The second-order valence-electron chi connectivity index (χ2n) is 5.38. The zero-order chi connectivity index (χ0) is 12.0. The van der Waals surface area contributed by atoms with Crippen molar-refractivity contribution in [2.75, 3.05) is 0 Å². The van der Waals surface area contributed by atoms with E-state index in [0.717, 1.165) is 6.42 Å². The fourth-order valence-electron chi connectivity index (χ4n) is 3.09. The third kappa shape index (κ3) is 1.67. The Morgan fingerprint density at radius 2 is 2.24 bits per heavy atom. The van der Waals surface area contributed by atoms with Crippen LogP contribution in [0.4, 0.5) is 0 Å². The lowest BCUT2D eigenvalue weighted by Crippen LogP contribution is -2.18. The lowest BCUT2D eigenvalue weighted by Gasteiger charge is -2.06. The molecule has 0 saturated carbocycles. The van der Waals surface area contributed by atoms with Gasteiger partial charge in [0.25, 0.3) is 0 Å². The molecule has 2 heterocycles. The Labute approximate surface area is 102 Å². The second-order valence-corrected chi connectivity index (χ2v) is 5.38. The highest BCUT2D eigenvalue weighted by Gasteiger charge is 2.21. The van der Waals surface area contributed by atoms with Gasteiger partial charge in [-0.3, -0.25) is 0 Å². The molecule has 0 spiro atoms. The van der Waals surface area contributed by atoms with Crippen LogP contribution >= 0.6 is 0 Å². The van der Waals surface area contributed by atoms with Crippen LogP contribution in [0.1, 0.15) is 30.2 Å². The maximum absolute atomic E-state index is 6.00. The average Bonchev–Trinajstić information content (AvgIpc) is 2.82. The molecule has 0 amide bonds. The molecule has 0 fully saturated rings. The lowest BCUT2D eigenvalue weighted by atomic mass is 10.0. The van der Waals surface area contributed by atoms with Crippen molar-refractivity contribution in [2.45, 2.75) is 45.7 Å². The van der Waals surface area contributed by atoms with Crippen LogP contribution in [0.5, 0.6) is 0 Å². The summed E-state index contributed by atoms with van der Waals surface area (Å²) < 4.78 is 2.49. The highest BCUT2D eigenvalue weighted by atomic mass is 15.0. The highest BCUT2D eigenvalue weighted by molar-refractivity contribution is 5.86. The topological polar surface area (TPSA) is 30.9 Å². The molecule has 1 aromatic heterocycles. The fraction of sp³-hybridized carbons (Fsp3) is 0.467. The van der Waals surface area contributed by atoms with Crippen LogP contribution in [0.25, 0.3) is 10.9 Å². The Morgan fingerprint density at radius 3 is 3.00 bits per heavy atom. The maximum Gasteiger partial charge on any atom is 0.0485 e. The molecule has 0 saturated heterocycles. The fourth-order valence-corrected chi connectivity index (χ4v) is 3.09. The van der Waals surface area contributed by atoms with Gasteiger partial charge < -0.3 is 10.3 Å². The molecule has 0 aliphatic carbocycles. The number of rotatable bonds is 2. The smallest absolute Gasteiger partial charge is 0.0485 e. The number of hydrogen-bond acceptors (Lipinski definition) is 1. The standard InChI is InChI=1S/C15H20N2/c1-10-5-6-15-12(8-10)13(9-11(2)16)14-4-3-7-17(14)15/h5-6,8,11H,3-4,7,9,16H2,1-2H3/t11-/m0/s1. The summed E-state index contributed by atoms with van der Waals surface area (Å²) in [5, 5.41) is 1.43. The Morgan fingerprint density at radius 1 is 1.41 bits per heavy atom. The van der Waals surface area contributed by atoms with Gasteiger partial charge in [-0.2, -0.15) is 0 Å². The average molecular weight is 228 g/mol. The lowest BCUT2D eigenvalue weighted by molar-refractivity contribution is 0.733. The summed E-state index contributed by atoms with van der Waals surface area (Å²) in [5.41, 5.74) is 11.8. The van der Waals surface area contributed by atoms with Gasteiger partial charge in [0, 0.05) is 29.2 Å². The van der Waals surface area contributed by atoms with E-state index in [4.69, 9.17) is 5.73 Å². The minimum absolute atomic E-state index is 0.242. The quantitative estimate of drug-likeness (QED) is 0.842. The number of benzene rings is 1. The molecule has 0 bridgehead atoms. The SMILES string of the molecule is Cc1ccc2c(c1)c(C[C@H](C)N)c1n2CCC1. The molecule has 1 aromatic carbocycles. The number of fused-ring (bicyclic) bond motifs is 3. The molecule has 1 aliphatic heterocycles. The van der Waals surface area contributed by atoms with Gasteiger partial charge in [-0.05, 0) is 50.8 Å². The zero-order valence-electron chi connectivity index (χ0n) is 10.7. The van der Waals surface area contributed by atoms with Gasteiger partial charge in [-0.1, -0.05) is 11.6 Å². The Kier molecular flexibility index (Phi) is 2.48. The van der Waals surface area contributed by atoms with Gasteiger partial charge in [-0.25, -0.2) is 0 Å². The van der Waals surface area contributed by atoms with E-state index in [2.05, 4.69) is 36.6 Å². The van der Waals surface area contributed by atoms with Crippen LogP contribution < -0.4 is 5.73 Å². The van der Waals surface area contributed by atoms with Crippen LogP contribution in [0, 0.1) is 6.92 Å². The zero-order valence-corrected chi connectivity index (χ0v) is 10.7. The first kappa shape index (κ1) is 10.8. The summed E-state index contributed by atoms with van der Waals surface area (Å²) in [5.74, 6) is 0. The van der Waals surface area contributed by atoms with Gasteiger partial charge >= 0.3 is 0 Å². The van der Waals surface area contributed by atoms with Crippen molar-refractivity contribution < 1.29 is 0 Å². The van der Waals surface area contributed by atoms with Crippen molar-refractivity contribution in [1.29, 1.82) is 0 Å². The molecular weight excluding hydrogens is 208 g/mol. The number of aromatic nitrogens is 1. The van der Waals surface area contributed by atoms with E-state index < -0.39 is 0 Å². The van der Waals surface area contributed by atoms with E-state index in [0.29, 0.717) is 0 Å². The minimum Gasteiger partial charge on any atom is -0.344 e. The molecule has 2 aromatic rings. The Hall–Kier alpha value is -1.28. The van der Waals surface area contributed by atoms with E-state index in [1.165, 1.54) is 47.1 Å². The van der Waals surface area contributed by atoms with Gasteiger partial charge in [0.15, 0.2) is 0 Å². The second kappa shape index (κ2) is 3.88. The first-order chi connectivity index (χ1) is 8.16. The third-order valence-electron chi connectivity index (χ3n) is 3.76. The monoisotopic (exact) mass is 228 g/mol. The normalized spacial score (nSPS) is 16.4. The predicted molar refractivity (Wildman–Crippen MR) is 72.3 cm³/mol. The molecule has 2 N–H and O–H groups in total. The molecular formula is C15H20N2. The van der Waals surface area contributed by atoms with Gasteiger partial charge in [-0.15, -0.1) is 0 Å². The summed E-state index contributed by atoms with van der Waals surface area (Å²) >= 11 is 0. The number of nitrogens with zero attached hydrogens (tertiary/aromatic N) is 1. The minimum atomic E-state index is 0.242. The van der Waals surface area contributed by atoms with Crippen molar-refractivity contribution in [3.05, 3.63) is 35.0 Å². The summed E-state index contributed by atoms with van der Waals surface area (Å²) in [6.45, 7) is 5.44. The van der Waals surface area contributed by atoms with Crippen LogP contribution in [0.15, 0.2) is 18.2 Å². The largest absolute Gasteiger partial charge is 0.344 e. The van der Waals surface area contributed by atoms with E-state index in [-0.39, 0.29) is 6.04 Å². The summed E-state index contributed by atoms with van der Waals surface area (Å²) in [7, 11) is 0. The van der Waals surface area contributed by atoms with E-state index in [1.807, 2.05) is 0 Å². The molecule has 2 heteroatoms. The number of nitrogens with two attached hydrogens (primary N) is 1. The molecule has 3 rings (SSSR count).